The molecular weight excluding hydrogens is 409 g/mol. The zero-order chi connectivity index (χ0) is 22.2. The fourth-order valence-corrected chi connectivity index (χ4v) is 3.50. The van der Waals surface area contributed by atoms with Crippen molar-refractivity contribution in [3.8, 4) is 0 Å². The summed E-state index contributed by atoms with van der Waals surface area (Å²) in [5.41, 5.74) is 2.58. The molecule has 0 saturated carbocycles. The van der Waals surface area contributed by atoms with Crippen molar-refractivity contribution in [2.75, 3.05) is 16.8 Å². The molecule has 3 aromatic rings. The van der Waals surface area contributed by atoms with Gasteiger partial charge in [0.05, 0.1) is 5.56 Å². The molecule has 0 atom stereocenters. The predicted molar refractivity (Wildman–Crippen MR) is 108 cm³/mol. The van der Waals surface area contributed by atoms with Crippen LogP contribution in [0.4, 0.5) is 24.7 Å². The number of alkyl halides is 3. The molecule has 0 saturated heterocycles. The number of amides is 1. The maximum atomic E-state index is 13.1. The minimum atomic E-state index is -4.44. The Morgan fingerprint density at radius 2 is 1.87 bits per heavy atom. The van der Waals surface area contributed by atoms with Gasteiger partial charge in [-0.1, -0.05) is 0 Å². The highest BCUT2D eigenvalue weighted by Crippen LogP contribution is 2.32. The van der Waals surface area contributed by atoms with Crippen LogP contribution in [-0.4, -0.2) is 32.6 Å². The van der Waals surface area contributed by atoms with E-state index in [0.29, 0.717) is 41.3 Å². The molecule has 1 amide bonds. The third kappa shape index (κ3) is 4.18. The van der Waals surface area contributed by atoms with Crippen LogP contribution in [-0.2, 0) is 19.1 Å². The van der Waals surface area contributed by atoms with Gasteiger partial charge < -0.3 is 10.2 Å². The van der Waals surface area contributed by atoms with Gasteiger partial charge in [-0.15, -0.1) is 10.2 Å². The maximum absolute atomic E-state index is 13.1. The van der Waals surface area contributed by atoms with E-state index < -0.39 is 17.6 Å². The number of nitrogens with one attached hydrogen (secondary N) is 1. The van der Waals surface area contributed by atoms with E-state index in [-0.39, 0.29) is 12.2 Å². The molecule has 4 heterocycles. The number of carbonyl (C=O) groups is 1. The number of anilines is 2. The molecule has 3 aromatic heterocycles. The molecule has 4 rings (SSSR count). The number of pyridine rings is 2. The minimum Gasteiger partial charge on any atom is -0.350 e. The summed E-state index contributed by atoms with van der Waals surface area (Å²) in [7, 11) is 0. The summed E-state index contributed by atoms with van der Waals surface area (Å²) in [6, 6.07) is 4.47. The van der Waals surface area contributed by atoms with Crippen molar-refractivity contribution in [2.24, 2.45) is 0 Å². The van der Waals surface area contributed by atoms with E-state index in [4.69, 9.17) is 0 Å². The van der Waals surface area contributed by atoms with E-state index in [1.807, 2.05) is 11.8 Å². The lowest BCUT2D eigenvalue weighted by molar-refractivity contribution is -0.137. The number of carbonyl (C=O) groups excluding carboxylic acids is 1. The van der Waals surface area contributed by atoms with Crippen LogP contribution < -0.4 is 10.2 Å². The number of aromatic nitrogens is 4. The van der Waals surface area contributed by atoms with Gasteiger partial charge in [-0.3, -0.25) is 14.8 Å². The Hall–Kier alpha value is -3.56. The number of hydrogen-bond donors (Lipinski definition) is 1. The Kier molecular flexibility index (Phi) is 5.30. The first-order valence-electron chi connectivity index (χ1n) is 9.59. The number of halogens is 3. The van der Waals surface area contributed by atoms with E-state index in [1.165, 1.54) is 0 Å². The zero-order valence-electron chi connectivity index (χ0n) is 16.9. The summed E-state index contributed by atoms with van der Waals surface area (Å²) < 4.78 is 39.2. The number of fused-ring (bicyclic) bond motifs is 1. The molecule has 0 spiro atoms. The van der Waals surface area contributed by atoms with Crippen molar-refractivity contribution in [1.82, 2.24) is 20.2 Å². The summed E-state index contributed by atoms with van der Waals surface area (Å²) in [6.07, 6.45) is 0.0593. The fraction of sp³-hybridized carbons (Fsp3) is 0.286. The Morgan fingerprint density at radius 1 is 1.13 bits per heavy atom. The van der Waals surface area contributed by atoms with Crippen LogP contribution >= 0.6 is 0 Å². The van der Waals surface area contributed by atoms with Crippen LogP contribution in [0.1, 0.15) is 38.4 Å². The SMILES string of the molecule is Cc1c(C(=O)Nc2ccncc2)nnc(N2CCc3ncc(C(F)(F)F)cc3C2)c1C. The van der Waals surface area contributed by atoms with E-state index in [2.05, 4.69) is 25.5 Å². The third-order valence-corrected chi connectivity index (χ3v) is 5.32. The van der Waals surface area contributed by atoms with E-state index in [1.54, 1.807) is 31.5 Å². The molecule has 1 aliphatic rings. The van der Waals surface area contributed by atoms with E-state index >= 15 is 0 Å². The second kappa shape index (κ2) is 7.93. The molecule has 160 valence electrons. The van der Waals surface area contributed by atoms with Crippen LogP contribution in [0.25, 0.3) is 0 Å². The van der Waals surface area contributed by atoms with Gasteiger partial charge in [0.2, 0.25) is 0 Å². The molecule has 0 bridgehead atoms. The molecule has 1 N–H and O–H groups in total. The minimum absolute atomic E-state index is 0.191. The van der Waals surface area contributed by atoms with Crippen molar-refractivity contribution in [3.05, 3.63) is 70.4 Å². The molecular formula is C21H19F3N6O. The van der Waals surface area contributed by atoms with Crippen LogP contribution in [0.2, 0.25) is 0 Å². The van der Waals surface area contributed by atoms with E-state index in [9.17, 15) is 18.0 Å². The van der Waals surface area contributed by atoms with Gasteiger partial charge in [0, 0.05) is 49.5 Å². The summed E-state index contributed by atoms with van der Waals surface area (Å²) in [5, 5.41) is 11.1. The molecule has 0 aromatic carbocycles. The molecule has 31 heavy (non-hydrogen) atoms. The summed E-state index contributed by atoms with van der Waals surface area (Å²) >= 11 is 0. The number of nitrogens with zero attached hydrogens (tertiary/aromatic N) is 5. The highest BCUT2D eigenvalue weighted by atomic mass is 19.4. The smallest absolute Gasteiger partial charge is 0.350 e. The van der Waals surface area contributed by atoms with Crippen LogP contribution in [0.5, 0.6) is 0 Å². The lowest BCUT2D eigenvalue weighted by Crippen LogP contribution is -2.33. The van der Waals surface area contributed by atoms with Crippen LogP contribution in [0.15, 0.2) is 36.8 Å². The highest BCUT2D eigenvalue weighted by Gasteiger charge is 2.33. The second-order valence-electron chi connectivity index (χ2n) is 7.31. The predicted octanol–water partition coefficient (Wildman–Crippen LogP) is 3.72. The second-order valence-corrected chi connectivity index (χ2v) is 7.31. The maximum Gasteiger partial charge on any atom is 0.417 e. The summed E-state index contributed by atoms with van der Waals surface area (Å²) in [5.74, 6) is 0.148. The van der Waals surface area contributed by atoms with Gasteiger partial charge in [-0.25, -0.2) is 0 Å². The number of rotatable bonds is 3. The summed E-state index contributed by atoms with van der Waals surface area (Å²) in [4.78, 5) is 22.4. The third-order valence-electron chi connectivity index (χ3n) is 5.32. The van der Waals surface area contributed by atoms with E-state index in [0.717, 1.165) is 17.8 Å². The van der Waals surface area contributed by atoms with Crippen molar-refractivity contribution in [3.63, 3.8) is 0 Å². The van der Waals surface area contributed by atoms with Gasteiger partial charge in [0.15, 0.2) is 11.5 Å². The molecule has 0 aliphatic carbocycles. The Labute approximate surface area is 176 Å². The van der Waals surface area contributed by atoms with Crippen molar-refractivity contribution >= 4 is 17.4 Å². The molecule has 1 aliphatic heterocycles. The first kappa shape index (κ1) is 20.7. The average molecular weight is 428 g/mol. The van der Waals surface area contributed by atoms with Crippen molar-refractivity contribution in [2.45, 2.75) is 33.0 Å². The zero-order valence-corrected chi connectivity index (χ0v) is 16.9. The van der Waals surface area contributed by atoms with Gasteiger partial charge in [0.1, 0.15) is 0 Å². The van der Waals surface area contributed by atoms with Gasteiger partial charge >= 0.3 is 6.18 Å². The fourth-order valence-electron chi connectivity index (χ4n) is 3.50. The average Bonchev–Trinajstić information content (AvgIpc) is 2.75. The van der Waals surface area contributed by atoms with Gasteiger partial charge in [-0.2, -0.15) is 13.2 Å². The first-order valence-corrected chi connectivity index (χ1v) is 9.59. The van der Waals surface area contributed by atoms with Crippen molar-refractivity contribution < 1.29 is 18.0 Å². The molecule has 0 unspecified atom stereocenters. The highest BCUT2D eigenvalue weighted by molar-refractivity contribution is 6.04. The lowest BCUT2D eigenvalue weighted by Gasteiger charge is -2.30. The topological polar surface area (TPSA) is 83.9 Å². The normalized spacial score (nSPS) is 13.6. The molecule has 0 fully saturated rings. The Balaban J connectivity index is 1.58. The first-order chi connectivity index (χ1) is 14.7. The van der Waals surface area contributed by atoms with Crippen LogP contribution in [0, 0.1) is 13.8 Å². The largest absolute Gasteiger partial charge is 0.417 e. The van der Waals surface area contributed by atoms with Crippen LogP contribution in [0.3, 0.4) is 0 Å². The lowest BCUT2D eigenvalue weighted by atomic mass is 10.0. The van der Waals surface area contributed by atoms with Crippen molar-refractivity contribution in [1.29, 1.82) is 0 Å². The molecule has 7 nitrogen and oxygen atoms in total. The number of hydrogen-bond acceptors (Lipinski definition) is 6. The van der Waals surface area contributed by atoms with Gasteiger partial charge in [0.25, 0.3) is 5.91 Å². The Morgan fingerprint density at radius 3 is 2.58 bits per heavy atom. The van der Waals surface area contributed by atoms with Gasteiger partial charge in [-0.05, 0) is 48.7 Å². The molecule has 10 heteroatoms. The monoisotopic (exact) mass is 428 g/mol. The summed E-state index contributed by atoms with van der Waals surface area (Å²) in [6.45, 7) is 4.38. The molecule has 0 radical (unpaired) electrons. The Bertz CT molecular complexity index is 1130. The quantitative estimate of drug-likeness (QED) is 0.685. The standard InChI is InChI=1S/C21H19F3N6O/c1-12-13(2)19(29-28-18(12)20(31)27-16-3-6-25-7-4-16)30-8-5-17-14(11-30)9-15(10-26-17)21(22,23)24/h3-4,6-7,9-10H,5,8,11H2,1-2H3,(H,25,27,31).